The molecule has 26 heavy (non-hydrogen) atoms. The van der Waals surface area contributed by atoms with Gasteiger partial charge in [0.2, 0.25) is 0 Å². The zero-order valence-corrected chi connectivity index (χ0v) is 18.4. The first-order valence-corrected chi connectivity index (χ1v) is 9.14. The van der Waals surface area contributed by atoms with Crippen molar-refractivity contribution in [2.75, 3.05) is 39.9 Å². The van der Waals surface area contributed by atoms with Crippen molar-refractivity contribution in [2.24, 2.45) is 4.99 Å². The Labute approximate surface area is 173 Å². The van der Waals surface area contributed by atoms with Gasteiger partial charge < -0.3 is 15.4 Å². The second-order valence-corrected chi connectivity index (χ2v) is 6.48. The van der Waals surface area contributed by atoms with Gasteiger partial charge in [-0.25, -0.2) is 9.38 Å². The van der Waals surface area contributed by atoms with Crippen LogP contribution >= 0.6 is 24.0 Å². The largest absolute Gasteiger partial charge is 0.383 e. The molecule has 1 aromatic carbocycles. The van der Waals surface area contributed by atoms with E-state index < -0.39 is 0 Å². The van der Waals surface area contributed by atoms with E-state index in [-0.39, 0.29) is 29.8 Å². The number of hydrogen-bond acceptors (Lipinski definition) is 3. The summed E-state index contributed by atoms with van der Waals surface area (Å²) >= 11 is 0. The molecule has 1 saturated heterocycles. The summed E-state index contributed by atoms with van der Waals surface area (Å²) in [5.74, 6) is 0.637. The number of likely N-dealkylation sites (tertiary alicyclic amines) is 1. The van der Waals surface area contributed by atoms with Crippen LogP contribution in [0, 0.1) is 12.7 Å². The van der Waals surface area contributed by atoms with Crippen LogP contribution in [0.25, 0.3) is 0 Å². The van der Waals surface area contributed by atoms with E-state index in [0.29, 0.717) is 18.2 Å². The highest BCUT2D eigenvalue weighted by atomic mass is 127. The molecule has 1 aromatic rings. The van der Waals surface area contributed by atoms with E-state index >= 15 is 0 Å². The number of hydrogen-bond donors (Lipinski definition) is 2. The average molecular weight is 478 g/mol. The topological polar surface area (TPSA) is 48.9 Å². The van der Waals surface area contributed by atoms with E-state index in [9.17, 15) is 4.39 Å². The summed E-state index contributed by atoms with van der Waals surface area (Å²) in [6.45, 7) is 8.94. The molecule has 1 unspecified atom stereocenters. The van der Waals surface area contributed by atoms with Gasteiger partial charge in [-0.15, -0.1) is 24.0 Å². The fraction of sp³-hybridized carbons (Fsp3) is 0.632. The van der Waals surface area contributed by atoms with E-state index in [2.05, 4.69) is 27.4 Å². The zero-order chi connectivity index (χ0) is 18.1. The van der Waals surface area contributed by atoms with Gasteiger partial charge in [0.15, 0.2) is 5.96 Å². The van der Waals surface area contributed by atoms with E-state index in [1.807, 2.05) is 6.07 Å². The molecule has 0 amide bonds. The van der Waals surface area contributed by atoms with Crippen molar-refractivity contribution in [3.05, 3.63) is 35.1 Å². The first-order chi connectivity index (χ1) is 12.1. The van der Waals surface area contributed by atoms with E-state index in [1.54, 1.807) is 20.1 Å². The SMILES string of the molecule is CCNC(=NCc1ccc(F)c(C)c1)NCC1CCCN1CCOC.I. The standard InChI is InChI=1S/C19H31FN4O.HI/c1-4-21-19(22-13-16-7-8-18(20)15(2)12-16)23-14-17-6-5-9-24(17)10-11-25-3;/h7-8,12,17H,4-6,9-11,13-14H2,1-3H3,(H2,21,22,23);1H. The zero-order valence-electron chi connectivity index (χ0n) is 16.1. The van der Waals surface area contributed by atoms with Gasteiger partial charge in [-0.1, -0.05) is 12.1 Å². The highest BCUT2D eigenvalue weighted by Gasteiger charge is 2.23. The lowest BCUT2D eigenvalue weighted by Gasteiger charge is -2.25. The van der Waals surface area contributed by atoms with Crippen molar-refractivity contribution in [3.63, 3.8) is 0 Å². The van der Waals surface area contributed by atoms with Crippen LogP contribution in [-0.4, -0.2) is 56.8 Å². The average Bonchev–Trinajstić information content (AvgIpc) is 3.05. The van der Waals surface area contributed by atoms with Gasteiger partial charge in [-0.3, -0.25) is 4.90 Å². The van der Waals surface area contributed by atoms with Crippen LogP contribution in [0.15, 0.2) is 23.2 Å². The quantitative estimate of drug-likeness (QED) is 0.343. The van der Waals surface area contributed by atoms with Gasteiger partial charge in [0, 0.05) is 32.8 Å². The fourth-order valence-electron chi connectivity index (χ4n) is 3.16. The molecule has 1 heterocycles. The number of halogens is 2. The van der Waals surface area contributed by atoms with Crippen molar-refractivity contribution in [1.29, 1.82) is 0 Å². The maximum Gasteiger partial charge on any atom is 0.191 e. The monoisotopic (exact) mass is 478 g/mol. The summed E-state index contributed by atoms with van der Waals surface area (Å²) in [4.78, 5) is 7.11. The predicted octanol–water partition coefficient (Wildman–Crippen LogP) is 2.92. The first-order valence-electron chi connectivity index (χ1n) is 9.14. The summed E-state index contributed by atoms with van der Waals surface area (Å²) in [6.07, 6.45) is 2.44. The Balaban J connectivity index is 0.00000338. The highest BCUT2D eigenvalue weighted by Crippen LogP contribution is 2.16. The normalized spacial score (nSPS) is 17.8. The van der Waals surface area contributed by atoms with Crippen molar-refractivity contribution in [2.45, 2.75) is 39.3 Å². The number of ether oxygens (including phenoxy) is 1. The Morgan fingerprint density at radius 1 is 1.38 bits per heavy atom. The molecule has 0 saturated carbocycles. The molecule has 7 heteroatoms. The number of nitrogens with zero attached hydrogens (tertiary/aromatic N) is 2. The minimum Gasteiger partial charge on any atom is -0.383 e. The van der Waals surface area contributed by atoms with E-state index in [0.717, 1.165) is 44.3 Å². The van der Waals surface area contributed by atoms with Crippen LogP contribution in [0.4, 0.5) is 4.39 Å². The van der Waals surface area contributed by atoms with Crippen LogP contribution < -0.4 is 10.6 Å². The summed E-state index contributed by atoms with van der Waals surface area (Å²) < 4.78 is 18.6. The molecule has 0 aromatic heterocycles. The summed E-state index contributed by atoms with van der Waals surface area (Å²) in [5, 5.41) is 6.73. The van der Waals surface area contributed by atoms with Crippen LogP contribution in [0.2, 0.25) is 0 Å². The third-order valence-electron chi connectivity index (χ3n) is 4.57. The Kier molecular flexibility index (Phi) is 11.1. The number of nitrogens with one attached hydrogen (secondary N) is 2. The Bertz CT molecular complexity index is 570. The van der Waals surface area contributed by atoms with Gasteiger partial charge in [0.1, 0.15) is 5.82 Å². The second-order valence-electron chi connectivity index (χ2n) is 6.48. The number of benzene rings is 1. The minimum absolute atomic E-state index is 0. The molecular weight excluding hydrogens is 446 g/mol. The lowest BCUT2D eigenvalue weighted by molar-refractivity contribution is 0.141. The van der Waals surface area contributed by atoms with Crippen molar-refractivity contribution in [3.8, 4) is 0 Å². The Morgan fingerprint density at radius 3 is 2.88 bits per heavy atom. The Morgan fingerprint density at radius 2 is 2.19 bits per heavy atom. The van der Waals surface area contributed by atoms with Crippen LogP contribution in [0.3, 0.4) is 0 Å². The molecule has 0 spiro atoms. The predicted molar refractivity (Wildman–Crippen MR) is 116 cm³/mol. The number of methoxy groups -OCH3 is 1. The summed E-state index contributed by atoms with van der Waals surface area (Å²) in [5.41, 5.74) is 1.67. The van der Waals surface area contributed by atoms with Gasteiger partial charge in [-0.05, 0) is 50.4 Å². The lowest BCUT2D eigenvalue weighted by Crippen LogP contribution is -2.45. The van der Waals surface area contributed by atoms with Crippen molar-refractivity contribution in [1.82, 2.24) is 15.5 Å². The third kappa shape index (κ3) is 7.36. The third-order valence-corrected chi connectivity index (χ3v) is 4.57. The molecular formula is C19H32FIN4O. The Hall–Kier alpha value is -0.930. The van der Waals surface area contributed by atoms with Crippen molar-refractivity contribution >= 4 is 29.9 Å². The molecule has 2 rings (SSSR count). The number of guanidine groups is 1. The van der Waals surface area contributed by atoms with Crippen LogP contribution in [-0.2, 0) is 11.3 Å². The second kappa shape index (κ2) is 12.5. The van der Waals surface area contributed by atoms with Gasteiger partial charge in [0.05, 0.1) is 13.2 Å². The molecule has 1 aliphatic rings. The van der Waals surface area contributed by atoms with Gasteiger partial charge in [0.25, 0.3) is 0 Å². The minimum atomic E-state index is -0.171. The molecule has 1 fully saturated rings. The van der Waals surface area contributed by atoms with Gasteiger partial charge >= 0.3 is 0 Å². The van der Waals surface area contributed by atoms with Crippen LogP contribution in [0.1, 0.15) is 30.9 Å². The highest BCUT2D eigenvalue weighted by molar-refractivity contribution is 14.0. The molecule has 0 aliphatic carbocycles. The van der Waals surface area contributed by atoms with E-state index in [4.69, 9.17) is 4.74 Å². The van der Waals surface area contributed by atoms with Gasteiger partial charge in [-0.2, -0.15) is 0 Å². The van der Waals surface area contributed by atoms with Crippen molar-refractivity contribution < 1.29 is 9.13 Å². The molecule has 1 aliphatic heterocycles. The first kappa shape index (κ1) is 23.1. The molecule has 0 radical (unpaired) electrons. The smallest absolute Gasteiger partial charge is 0.191 e. The maximum atomic E-state index is 13.4. The summed E-state index contributed by atoms with van der Waals surface area (Å²) in [6, 6.07) is 5.67. The molecule has 1 atom stereocenters. The lowest BCUT2D eigenvalue weighted by atomic mass is 10.1. The molecule has 2 N–H and O–H groups in total. The molecule has 0 bridgehead atoms. The van der Waals surface area contributed by atoms with Crippen LogP contribution in [0.5, 0.6) is 0 Å². The maximum absolute atomic E-state index is 13.4. The number of aryl methyl sites for hydroxylation is 1. The summed E-state index contributed by atoms with van der Waals surface area (Å²) in [7, 11) is 1.75. The fourth-order valence-corrected chi connectivity index (χ4v) is 3.16. The van der Waals surface area contributed by atoms with E-state index in [1.165, 1.54) is 18.9 Å². The molecule has 5 nitrogen and oxygen atoms in total. The number of aliphatic imine (C=N–C) groups is 1. The molecule has 148 valence electrons. The number of rotatable bonds is 8.